The van der Waals surface area contributed by atoms with E-state index in [-0.39, 0.29) is 18.1 Å². The molecular formula is C20H25NO6S. The van der Waals surface area contributed by atoms with Gasteiger partial charge in [-0.25, -0.2) is 0 Å². The van der Waals surface area contributed by atoms with Crippen LogP contribution in [-0.2, 0) is 21.3 Å². The molecule has 0 saturated heterocycles. The Kier molecular flexibility index (Phi) is 7.69. The number of esters is 1. The highest BCUT2D eigenvalue weighted by molar-refractivity contribution is 7.86. The molecule has 0 aliphatic carbocycles. The summed E-state index contributed by atoms with van der Waals surface area (Å²) in [6.45, 7) is 4.64. The lowest BCUT2D eigenvalue weighted by atomic mass is 10.1. The molecule has 0 aromatic heterocycles. The molecule has 28 heavy (non-hydrogen) atoms. The van der Waals surface area contributed by atoms with Crippen molar-refractivity contribution in [3.63, 3.8) is 0 Å². The first-order valence-electron chi connectivity index (χ1n) is 9.01. The van der Waals surface area contributed by atoms with Crippen molar-refractivity contribution in [1.29, 1.82) is 0 Å². The van der Waals surface area contributed by atoms with Crippen LogP contribution in [-0.4, -0.2) is 33.8 Å². The van der Waals surface area contributed by atoms with E-state index in [1.54, 1.807) is 37.3 Å². The number of para-hydroxylation sites is 1. The molecule has 0 radical (unpaired) electrons. The second kappa shape index (κ2) is 9.98. The van der Waals surface area contributed by atoms with Crippen LogP contribution in [0.5, 0.6) is 17.2 Å². The van der Waals surface area contributed by atoms with Gasteiger partial charge in [-0.15, -0.1) is 0 Å². The van der Waals surface area contributed by atoms with Crippen molar-refractivity contribution in [2.24, 2.45) is 0 Å². The lowest BCUT2D eigenvalue weighted by molar-refractivity contribution is -0.134. The lowest BCUT2D eigenvalue weighted by Crippen LogP contribution is -2.11. The van der Waals surface area contributed by atoms with Gasteiger partial charge >= 0.3 is 16.1 Å². The molecular weight excluding hydrogens is 382 g/mol. The molecule has 2 rings (SSSR count). The second-order valence-electron chi connectivity index (χ2n) is 6.00. The number of benzene rings is 2. The molecule has 0 aliphatic heterocycles. The van der Waals surface area contributed by atoms with Gasteiger partial charge in [0.25, 0.3) is 0 Å². The molecule has 0 heterocycles. The van der Waals surface area contributed by atoms with E-state index in [1.165, 1.54) is 0 Å². The highest BCUT2D eigenvalue weighted by atomic mass is 32.2. The molecule has 0 aliphatic rings. The van der Waals surface area contributed by atoms with Gasteiger partial charge in [-0.05, 0) is 43.2 Å². The van der Waals surface area contributed by atoms with Crippen molar-refractivity contribution in [2.75, 3.05) is 24.7 Å². The molecule has 0 amide bonds. The van der Waals surface area contributed by atoms with Gasteiger partial charge in [0.05, 0.1) is 18.6 Å². The van der Waals surface area contributed by atoms with Crippen LogP contribution in [0.15, 0.2) is 42.5 Å². The first kappa shape index (κ1) is 21.6. The molecule has 0 unspecified atom stereocenters. The van der Waals surface area contributed by atoms with Gasteiger partial charge in [-0.3, -0.25) is 4.79 Å². The number of rotatable bonds is 10. The Hall–Kier alpha value is -2.74. The summed E-state index contributed by atoms with van der Waals surface area (Å²) in [5.74, 6) is 0.832. The van der Waals surface area contributed by atoms with Crippen LogP contribution in [0.25, 0.3) is 0 Å². The van der Waals surface area contributed by atoms with E-state index in [0.717, 1.165) is 11.8 Å². The van der Waals surface area contributed by atoms with E-state index in [9.17, 15) is 13.2 Å². The highest BCUT2D eigenvalue weighted by Crippen LogP contribution is 2.35. The van der Waals surface area contributed by atoms with Crippen LogP contribution in [0, 0.1) is 0 Å². The van der Waals surface area contributed by atoms with Crippen molar-refractivity contribution >= 4 is 21.8 Å². The summed E-state index contributed by atoms with van der Waals surface area (Å²) in [5, 5.41) is 3.26. The average Bonchev–Trinajstić information content (AvgIpc) is 2.64. The normalized spacial score (nSPS) is 11.0. The number of nitrogens with one attached hydrogen (secondary N) is 1. The molecule has 152 valence electrons. The molecule has 0 saturated carbocycles. The zero-order valence-electron chi connectivity index (χ0n) is 16.2. The monoisotopic (exact) mass is 407 g/mol. The smallest absolute Gasteiger partial charge is 0.311 e. The largest absolute Gasteiger partial charge is 0.490 e. The zero-order chi connectivity index (χ0) is 20.6. The molecule has 2 aromatic carbocycles. The summed E-state index contributed by atoms with van der Waals surface area (Å²) in [6, 6.07) is 12.2. The number of anilines is 1. The molecule has 0 bridgehead atoms. The van der Waals surface area contributed by atoms with Crippen molar-refractivity contribution in [1.82, 2.24) is 0 Å². The Morgan fingerprint density at radius 2 is 1.79 bits per heavy atom. The molecule has 7 nitrogen and oxygen atoms in total. The van der Waals surface area contributed by atoms with Gasteiger partial charge < -0.3 is 19.0 Å². The van der Waals surface area contributed by atoms with E-state index >= 15 is 0 Å². The van der Waals surface area contributed by atoms with Gasteiger partial charge in [0, 0.05) is 13.0 Å². The van der Waals surface area contributed by atoms with Gasteiger partial charge in [0.2, 0.25) is 0 Å². The minimum atomic E-state index is -3.53. The first-order valence-corrected chi connectivity index (χ1v) is 10.8. The predicted octanol–water partition coefficient (Wildman–Crippen LogP) is 3.39. The highest BCUT2D eigenvalue weighted by Gasteiger charge is 2.14. The number of carbonyl (C=O) groups excluding carboxylic acids is 1. The van der Waals surface area contributed by atoms with Crippen LogP contribution in [0.1, 0.15) is 25.8 Å². The lowest BCUT2D eigenvalue weighted by Gasteiger charge is -2.16. The average molecular weight is 407 g/mol. The van der Waals surface area contributed by atoms with Crippen molar-refractivity contribution in [3.05, 3.63) is 48.0 Å². The van der Waals surface area contributed by atoms with Crippen LogP contribution in [0.3, 0.4) is 0 Å². The summed E-state index contributed by atoms with van der Waals surface area (Å²) < 4.78 is 38.1. The minimum absolute atomic E-state index is 0.266. The Balaban J connectivity index is 2.03. The minimum Gasteiger partial charge on any atom is -0.490 e. The summed E-state index contributed by atoms with van der Waals surface area (Å²) in [7, 11) is -3.53. The Labute approximate surface area is 165 Å². The quantitative estimate of drug-likeness (QED) is 0.367. The zero-order valence-corrected chi connectivity index (χ0v) is 17.0. The maximum Gasteiger partial charge on any atom is 0.311 e. The van der Waals surface area contributed by atoms with Gasteiger partial charge in [0.1, 0.15) is 5.75 Å². The molecule has 0 atom stereocenters. The fourth-order valence-corrected chi connectivity index (χ4v) is 2.90. The fourth-order valence-electron chi connectivity index (χ4n) is 2.44. The molecule has 0 spiro atoms. The number of ether oxygens (including phenoxy) is 2. The predicted molar refractivity (Wildman–Crippen MR) is 108 cm³/mol. The van der Waals surface area contributed by atoms with Crippen LogP contribution >= 0.6 is 0 Å². The second-order valence-corrected chi connectivity index (χ2v) is 7.58. The third-order valence-electron chi connectivity index (χ3n) is 3.68. The maximum absolute atomic E-state index is 11.8. The van der Waals surface area contributed by atoms with E-state index in [2.05, 4.69) is 5.32 Å². The first-order chi connectivity index (χ1) is 13.3. The van der Waals surface area contributed by atoms with E-state index in [0.29, 0.717) is 36.8 Å². The van der Waals surface area contributed by atoms with Crippen LogP contribution in [0.4, 0.5) is 5.69 Å². The van der Waals surface area contributed by atoms with Crippen LogP contribution in [0.2, 0.25) is 0 Å². The third kappa shape index (κ3) is 6.77. The Morgan fingerprint density at radius 3 is 2.39 bits per heavy atom. The van der Waals surface area contributed by atoms with Crippen molar-refractivity contribution in [2.45, 2.75) is 26.7 Å². The molecule has 2 aromatic rings. The number of hydrogen-bond acceptors (Lipinski definition) is 7. The van der Waals surface area contributed by atoms with Gasteiger partial charge in [-0.1, -0.05) is 25.1 Å². The standard InChI is InChI=1S/C20H25NO6S/c1-4-19(22)26-20-17(7-6-8-18(20)25-5-2)21-14-13-15-9-11-16(12-10-15)27-28(3,23)24/h6-12,21H,4-5,13-14H2,1-3H3. The van der Waals surface area contributed by atoms with E-state index in [4.69, 9.17) is 13.7 Å². The number of hydrogen-bond donors (Lipinski definition) is 1. The summed E-state index contributed by atoms with van der Waals surface area (Å²) in [6.07, 6.45) is 1.95. The van der Waals surface area contributed by atoms with Gasteiger partial charge in [0.15, 0.2) is 11.5 Å². The Morgan fingerprint density at radius 1 is 1.07 bits per heavy atom. The summed E-state index contributed by atoms with van der Waals surface area (Å²) in [4.78, 5) is 11.8. The summed E-state index contributed by atoms with van der Waals surface area (Å²) >= 11 is 0. The topological polar surface area (TPSA) is 90.9 Å². The van der Waals surface area contributed by atoms with Gasteiger partial charge in [-0.2, -0.15) is 8.42 Å². The third-order valence-corrected chi connectivity index (χ3v) is 4.18. The molecule has 1 N–H and O–H groups in total. The van der Waals surface area contributed by atoms with E-state index < -0.39 is 10.1 Å². The van der Waals surface area contributed by atoms with Crippen LogP contribution < -0.4 is 19.0 Å². The van der Waals surface area contributed by atoms with Crippen molar-refractivity contribution in [3.8, 4) is 17.2 Å². The summed E-state index contributed by atoms with van der Waals surface area (Å²) in [5.41, 5.74) is 1.67. The molecule has 0 fully saturated rings. The SMILES string of the molecule is CCOc1cccc(NCCc2ccc(OS(C)(=O)=O)cc2)c1OC(=O)CC. The number of carbonyl (C=O) groups is 1. The molecule has 8 heteroatoms. The van der Waals surface area contributed by atoms with E-state index in [1.807, 2.05) is 19.1 Å². The fraction of sp³-hybridized carbons (Fsp3) is 0.350. The maximum atomic E-state index is 11.8. The van der Waals surface area contributed by atoms with Crippen molar-refractivity contribution < 1.29 is 26.9 Å². The Bertz CT molecular complexity index is 893.